The van der Waals surface area contributed by atoms with Crippen molar-refractivity contribution in [1.82, 2.24) is 0 Å². The van der Waals surface area contributed by atoms with Gasteiger partial charge in [0, 0.05) is 25.7 Å². The summed E-state index contributed by atoms with van der Waals surface area (Å²) in [5, 5.41) is 10.5. The van der Waals surface area contributed by atoms with Gasteiger partial charge in [0.15, 0.2) is 12.2 Å². The highest BCUT2D eigenvalue weighted by Crippen LogP contribution is 2.45. The SMILES string of the molecule is CCCCCCCCCCCCCCCCCCCCC(=O)O[C@H](COC(=O)CCCCCCCCCCCCCCCC)COP(=O)(O)OC[C@@H](O)COP(=O)(O)OC[C@@H](COC(=O)CCCCCCC)OC(=O)CCCCCCCCCC(C)C. The van der Waals surface area contributed by atoms with Crippen LogP contribution in [-0.4, -0.2) is 96.7 Å². The molecular formula is C68H132O17P2. The van der Waals surface area contributed by atoms with Crippen LogP contribution in [0.3, 0.4) is 0 Å². The summed E-state index contributed by atoms with van der Waals surface area (Å²) in [5.74, 6) is -1.44. The van der Waals surface area contributed by atoms with Gasteiger partial charge in [0.05, 0.1) is 26.4 Å². The highest BCUT2D eigenvalue weighted by atomic mass is 31.2. The van der Waals surface area contributed by atoms with Gasteiger partial charge in [0.2, 0.25) is 0 Å². The van der Waals surface area contributed by atoms with Crippen LogP contribution in [0.25, 0.3) is 0 Å². The molecule has 516 valence electrons. The van der Waals surface area contributed by atoms with Crippen molar-refractivity contribution in [2.45, 2.75) is 368 Å². The Bertz CT molecular complexity index is 1690. The summed E-state index contributed by atoms with van der Waals surface area (Å²) < 4.78 is 68.0. The van der Waals surface area contributed by atoms with Crippen LogP contribution in [0.2, 0.25) is 0 Å². The lowest BCUT2D eigenvalue weighted by molar-refractivity contribution is -0.161. The topological polar surface area (TPSA) is 237 Å². The first-order valence-corrected chi connectivity index (χ1v) is 38.6. The normalized spacial score (nSPS) is 14.1. The van der Waals surface area contributed by atoms with Crippen LogP contribution in [0.4, 0.5) is 0 Å². The van der Waals surface area contributed by atoms with Gasteiger partial charge in [0.25, 0.3) is 0 Å². The molecule has 0 saturated heterocycles. The molecule has 2 unspecified atom stereocenters. The average Bonchev–Trinajstić information content (AvgIpc) is 3.69. The first kappa shape index (κ1) is 85.1. The van der Waals surface area contributed by atoms with Crippen LogP contribution in [0, 0.1) is 5.92 Å². The van der Waals surface area contributed by atoms with E-state index in [-0.39, 0.29) is 25.7 Å². The van der Waals surface area contributed by atoms with Crippen LogP contribution in [-0.2, 0) is 65.4 Å². The molecule has 0 fully saturated rings. The maximum Gasteiger partial charge on any atom is 0.472 e. The Labute approximate surface area is 530 Å². The van der Waals surface area contributed by atoms with Gasteiger partial charge in [-0.3, -0.25) is 37.3 Å². The number of aliphatic hydroxyl groups is 1. The lowest BCUT2D eigenvalue weighted by Crippen LogP contribution is -2.30. The average molecular weight is 1280 g/mol. The van der Waals surface area contributed by atoms with E-state index in [2.05, 4.69) is 34.6 Å². The highest BCUT2D eigenvalue weighted by Gasteiger charge is 2.30. The summed E-state index contributed by atoms with van der Waals surface area (Å²) in [6, 6.07) is 0. The fraction of sp³-hybridized carbons (Fsp3) is 0.941. The van der Waals surface area contributed by atoms with Crippen LogP contribution >= 0.6 is 15.6 Å². The molecule has 3 N–H and O–H groups in total. The van der Waals surface area contributed by atoms with E-state index >= 15 is 0 Å². The summed E-state index contributed by atoms with van der Waals surface area (Å²) in [6.07, 6.45) is 47.7. The maximum absolute atomic E-state index is 13.0. The quantitative estimate of drug-likeness (QED) is 0.0222. The first-order valence-electron chi connectivity index (χ1n) is 35.6. The molecule has 0 spiro atoms. The fourth-order valence-electron chi connectivity index (χ4n) is 10.3. The number of carbonyl (C=O) groups is 4. The molecule has 87 heavy (non-hydrogen) atoms. The van der Waals surface area contributed by atoms with Crippen molar-refractivity contribution in [2.75, 3.05) is 39.6 Å². The van der Waals surface area contributed by atoms with Crippen molar-refractivity contribution < 1.29 is 80.2 Å². The molecule has 0 aromatic heterocycles. The highest BCUT2D eigenvalue weighted by molar-refractivity contribution is 7.47. The van der Waals surface area contributed by atoms with Crippen LogP contribution < -0.4 is 0 Å². The van der Waals surface area contributed by atoms with E-state index in [1.54, 1.807) is 0 Å². The summed E-state index contributed by atoms with van der Waals surface area (Å²) in [4.78, 5) is 72.1. The number of phosphoric acid groups is 2. The summed E-state index contributed by atoms with van der Waals surface area (Å²) in [7, 11) is -9.88. The van der Waals surface area contributed by atoms with Crippen molar-refractivity contribution in [3.63, 3.8) is 0 Å². The number of ether oxygens (including phenoxy) is 4. The molecule has 0 saturated carbocycles. The van der Waals surface area contributed by atoms with Gasteiger partial charge >= 0.3 is 39.5 Å². The van der Waals surface area contributed by atoms with Crippen molar-refractivity contribution in [2.24, 2.45) is 5.92 Å². The number of carbonyl (C=O) groups excluding carboxylic acids is 4. The van der Waals surface area contributed by atoms with Crippen LogP contribution in [0.15, 0.2) is 0 Å². The summed E-state index contributed by atoms with van der Waals surface area (Å²) in [6.45, 7) is 7.08. The zero-order valence-electron chi connectivity index (χ0n) is 56.2. The Kier molecular flexibility index (Phi) is 60.2. The molecule has 0 heterocycles. The van der Waals surface area contributed by atoms with Gasteiger partial charge in [-0.15, -0.1) is 0 Å². The number of rotatable bonds is 68. The molecule has 0 aliphatic heterocycles. The van der Waals surface area contributed by atoms with Gasteiger partial charge in [-0.2, -0.15) is 0 Å². The molecule has 5 atom stereocenters. The van der Waals surface area contributed by atoms with E-state index in [1.807, 2.05) is 0 Å². The third-order valence-electron chi connectivity index (χ3n) is 15.8. The number of phosphoric ester groups is 2. The maximum atomic E-state index is 13.0. The zero-order chi connectivity index (χ0) is 64.2. The Morgan fingerprint density at radius 2 is 0.529 bits per heavy atom. The van der Waals surface area contributed by atoms with Gasteiger partial charge in [-0.25, -0.2) is 9.13 Å². The van der Waals surface area contributed by atoms with Gasteiger partial charge < -0.3 is 33.8 Å². The zero-order valence-corrected chi connectivity index (χ0v) is 57.9. The van der Waals surface area contributed by atoms with E-state index in [0.29, 0.717) is 31.6 Å². The van der Waals surface area contributed by atoms with Gasteiger partial charge in [-0.05, 0) is 31.6 Å². The molecule has 19 heteroatoms. The molecule has 0 aliphatic carbocycles. The monoisotopic (exact) mass is 1280 g/mol. The minimum atomic E-state index is -4.95. The fourth-order valence-corrected chi connectivity index (χ4v) is 11.9. The number of hydrogen-bond acceptors (Lipinski definition) is 15. The number of esters is 4. The molecule has 0 aliphatic rings. The van der Waals surface area contributed by atoms with E-state index in [4.69, 9.17) is 37.0 Å². The van der Waals surface area contributed by atoms with Crippen LogP contribution in [0.5, 0.6) is 0 Å². The third kappa shape index (κ3) is 62.6. The second-order valence-electron chi connectivity index (χ2n) is 25.0. The minimum Gasteiger partial charge on any atom is -0.462 e. The summed E-state index contributed by atoms with van der Waals surface area (Å²) in [5.41, 5.74) is 0. The van der Waals surface area contributed by atoms with Crippen LogP contribution in [0.1, 0.15) is 349 Å². The molecule has 0 amide bonds. The number of unbranched alkanes of at least 4 members (excludes halogenated alkanes) is 40. The predicted octanol–water partition coefficient (Wildman–Crippen LogP) is 19.4. The Morgan fingerprint density at radius 1 is 0.310 bits per heavy atom. The van der Waals surface area contributed by atoms with E-state index in [0.717, 1.165) is 96.3 Å². The van der Waals surface area contributed by atoms with Crippen molar-refractivity contribution in [3.8, 4) is 0 Å². The predicted molar refractivity (Wildman–Crippen MR) is 349 cm³/mol. The van der Waals surface area contributed by atoms with E-state index in [9.17, 15) is 43.2 Å². The van der Waals surface area contributed by atoms with Crippen molar-refractivity contribution in [1.29, 1.82) is 0 Å². The van der Waals surface area contributed by atoms with Gasteiger partial charge in [-0.1, -0.05) is 298 Å². The molecular weight excluding hydrogens is 1150 g/mol. The molecule has 0 aromatic carbocycles. The van der Waals surface area contributed by atoms with Crippen molar-refractivity contribution in [3.05, 3.63) is 0 Å². The largest absolute Gasteiger partial charge is 0.472 e. The Balaban J connectivity index is 5.15. The lowest BCUT2D eigenvalue weighted by atomic mass is 10.0. The second kappa shape index (κ2) is 61.6. The molecule has 0 rings (SSSR count). The first-order chi connectivity index (χ1) is 42.0. The summed E-state index contributed by atoms with van der Waals surface area (Å²) >= 11 is 0. The van der Waals surface area contributed by atoms with Gasteiger partial charge in [0.1, 0.15) is 19.3 Å². The minimum absolute atomic E-state index is 0.103. The number of aliphatic hydroxyl groups excluding tert-OH is 1. The molecule has 17 nitrogen and oxygen atoms in total. The third-order valence-corrected chi connectivity index (χ3v) is 17.7. The standard InChI is InChI=1S/C68H132O17P2/c1-6-9-12-15-17-19-21-23-25-26-27-28-30-32-34-38-43-48-53-67(72)85-64(58-79-66(71)52-47-42-37-33-31-29-24-22-20-18-16-13-10-7-2)60-83-87(76,77)81-56-62(69)55-80-86(74,75)82-59-63(57-78-65(70)51-46-40-14-11-8-3)84-68(73)54-49-44-39-35-36-41-45-50-61(4)5/h61-64,69H,6-60H2,1-5H3,(H,74,75)(H,76,77)/t62-,63+,64+/m0/s1. The number of hydrogen-bond donors (Lipinski definition) is 3. The Hall–Kier alpha value is -1.94. The molecule has 0 bridgehead atoms. The second-order valence-corrected chi connectivity index (χ2v) is 27.9. The van der Waals surface area contributed by atoms with E-state index < -0.39 is 97.5 Å². The lowest BCUT2D eigenvalue weighted by Gasteiger charge is -2.21. The van der Waals surface area contributed by atoms with Crippen molar-refractivity contribution >= 4 is 39.5 Å². The smallest absolute Gasteiger partial charge is 0.462 e. The van der Waals surface area contributed by atoms with E-state index in [1.165, 1.54) is 167 Å². The molecule has 0 aromatic rings. The Morgan fingerprint density at radius 3 is 0.782 bits per heavy atom. The molecule has 0 radical (unpaired) electrons.